The molecule has 2 heteroatoms. The molecule has 0 saturated carbocycles. The average molecular weight is 98.1 g/mol. The Morgan fingerprint density at radius 3 is 3.00 bits per heavy atom. The Balaban J connectivity index is 3.05. The molecule has 0 aliphatic rings. The minimum Gasteiger partial charge on any atom is -0.240 e. The van der Waals surface area contributed by atoms with Crippen molar-refractivity contribution in [2.75, 3.05) is 0 Å². The van der Waals surface area contributed by atoms with Gasteiger partial charge in [0.15, 0.2) is 0 Å². The number of thiazole rings is 1. The quantitative estimate of drug-likeness (QED) is 0.476. The van der Waals surface area contributed by atoms with Crippen molar-refractivity contribution in [2.24, 2.45) is 0 Å². The van der Waals surface area contributed by atoms with Gasteiger partial charge in [0, 0.05) is 5.38 Å². The van der Waals surface area contributed by atoms with Gasteiger partial charge in [-0.05, 0) is 6.92 Å². The highest BCUT2D eigenvalue weighted by molar-refractivity contribution is 7.09. The van der Waals surface area contributed by atoms with Crippen LogP contribution in [0.3, 0.4) is 0 Å². The van der Waals surface area contributed by atoms with Crippen molar-refractivity contribution in [2.45, 2.75) is 6.92 Å². The second-order valence-electron chi connectivity index (χ2n) is 0.996. The van der Waals surface area contributed by atoms with Gasteiger partial charge in [-0.2, -0.15) is 0 Å². The third-order valence-electron chi connectivity index (χ3n) is 0.504. The molecule has 0 aliphatic carbocycles. The molecule has 0 aromatic carbocycles. The van der Waals surface area contributed by atoms with Crippen LogP contribution in [0.2, 0.25) is 0 Å². The molecule has 6 heavy (non-hydrogen) atoms. The third kappa shape index (κ3) is 0.571. The van der Waals surface area contributed by atoms with Crippen molar-refractivity contribution in [3.05, 3.63) is 16.6 Å². The molecule has 0 atom stereocenters. The summed E-state index contributed by atoms with van der Waals surface area (Å²) in [6.07, 6.45) is 2.70. The molecule has 0 N–H and O–H groups in total. The van der Waals surface area contributed by atoms with Crippen LogP contribution >= 0.6 is 11.3 Å². The maximum Gasteiger partial charge on any atom is 0.101 e. The first kappa shape index (κ1) is 3.81. The van der Waals surface area contributed by atoms with Gasteiger partial charge in [0.1, 0.15) is 6.20 Å². The Morgan fingerprint density at radius 2 is 2.83 bits per heavy atom. The number of aromatic nitrogens is 1. The van der Waals surface area contributed by atoms with Crippen LogP contribution in [0.15, 0.2) is 5.38 Å². The highest BCUT2D eigenvalue weighted by atomic mass is 32.1. The number of aryl methyl sites for hydroxylation is 1. The second kappa shape index (κ2) is 1.39. The lowest BCUT2D eigenvalue weighted by atomic mass is 10.8. The van der Waals surface area contributed by atoms with Gasteiger partial charge >= 0.3 is 0 Å². The van der Waals surface area contributed by atoms with Crippen LogP contribution in [0.25, 0.3) is 0 Å². The highest BCUT2D eigenvalue weighted by Gasteiger charge is 1.77. The van der Waals surface area contributed by atoms with E-state index in [1.807, 2.05) is 12.3 Å². The van der Waals surface area contributed by atoms with Crippen LogP contribution in [0, 0.1) is 13.1 Å². The summed E-state index contributed by atoms with van der Waals surface area (Å²) in [6, 6.07) is 0. The smallest absolute Gasteiger partial charge is 0.101 e. The SMILES string of the molecule is Cc1n[c]cs1. The minimum absolute atomic E-state index is 1.08. The Labute approximate surface area is 40.7 Å². The predicted octanol–water partition coefficient (Wildman–Crippen LogP) is 1.25. The van der Waals surface area contributed by atoms with Crippen molar-refractivity contribution in [1.82, 2.24) is 4.98 Å². The van der Waals surface area contributed by atoms with E-state index < -0.39 is 0 Å². The summed E-state index contributed by atoms with van der Waals surface area (Å²) in [5.41, 5.74) is 0. The summed E-state index contributed by atoms with van der Waals surface area (Å²) in [7, 11) is 0. The molecule has 1 radical (unpaired) electrons. The maximum absolute atomic E-state index is 3.81. The lowest BCUT2D eigenvalue weighted by Gasteiger charge is -1.64. The van der Waals surface area contributed by atoms with Crippen LogP contribution in [0.1, 0.15) is 5.01 Å². The lowest BCUT2D eigenvalue weighted by molar-refractivity contribution is 1.29. The summed E-state index contributed by atoms with van der Waals surface area (Å²) < 4.78 is 0. The summed E-state index contributed by atoms with van der Waals surface area (Å²) >= 11 is 1.61. The van der Waals surface area contributed by atoms with Gasteiger partial charge in [0.2, 0.25) is 0 Å². The number of nitrogens with zero attached hydrogens (tertiary/aromatic N) is 1. The summed E-state index contributed by atoms with van der Waals surface area (Å²) in [5.74, 6) is 0. The van der Waals surface area contributed by atoms with Crippen LogP contribution in [-0.4, -0.2) is 4.98 Å². The third-order valence-corrected chi connectivity index (χ3v) is 1.16. The average Bonchev–Trinajstić information content (AvgIpc) is 1.86. The zero-order valence-electron chi connectivity index (χ0n) is 3.43. The zero-order chi connectivity index (χ0) is 4.41. The summed E-state index contributed by atoms with van der Waals surface area (Å²) in [4.78, 5) is 3.81. The first-order valence-electron chi connectivity index (χ1n) is 1.68. The molecule has 0 amide bonds. The van der Waals surface area contributed by atoms with Gasteiger partial charge in [0.05, 0.1) is 5.01 Å². The van der Waals surface area contributed by atoms with Gasteiger partial charge in [-0.1, -0.05) is 0 Å². The van der Waals surface area contributed by atoms with E-state index >= 15 is 0 Å². The first-order chi connectivity index (χ1) is 2.89. The van der Waals surface area contributed by atoms with E-state index in [0.717, 1.165) is 5.01 Å². The van der Waals surface area contributed by atoms with Gasteiger partial charge in [0.25, 0.3) is 0 Å². The van der Waals surface area contributed by atoms with Crippen molar-refractivity contribution in [3.63, 3.8) is 0 Å². The zero-order valence-corrected chi connectivity index (χ0v) is 4.25. The fourth-order valence-electron chi connectivity index (χ4n) is 0.255. The Bertz CT molecular complexity index is 111. The number of rotatable bonds is 0. The fraction of sp³-hybridized carbons (Fsp3) is 0.250. The number of hydrogen-bond donors (Lipinski definition) is 0. The topological polar surface area (TPSA) is 12.9 Å². The van der Waals surface area contributed by atoms with Crippen molar-refractivity contribution >= 4 is 11.3 Å². The standard InChI is InChI=1S/C4H4NS/c1-4-5-2-3-6-4/h3H,1H3. The lowest BCUT2D eigenvalue weighted by Crippen LogP contribution is -1.57. The summed E-state index contributed by atoms with van der Waals surface area (Å²) in [5, 5.41) is 2.92. The molecular formula is C4H4NS. The molecule has 0 aliphatic heterocycles. The van der Waals surface area contributed by atoms with Crippen molar-refractivity contribution < 1.29 is 0 Å². The molecule has 0 spiro atoms. The van der Waals surface area contributed by atoms with Crippen LogP contribution < -0.4 is 0 Å². The van der Waals surface area contributed by atoms with E-state index in [-0.39, 0.29) is 0 Å². The molecule has 1 aromatic heterocycles. The molecule has 1 nitrogen and oxygen atoms in total. The summed E-state index contributed by atoms with van der Waals surface area (Å²) in [6.45, 7) is 1.96. The Kier molecular flexibility index (Phi) is 0.881. The van der Waals surface area contributed by atoms with E-state index in [2.05, 4.69) is 11.2 Å². The van der Waals surface area contributed by atoms with Gasteiger partial charge in [-0.3, -0.25) is 0 Å². The largest absolute Gasteiger partial charge is 0.240 e. The molecule has 31 valence electrons. The fourth-order valence-corrected chi connectivity index (χ4v) is 0.637. The van der Waals surface area contributed by atoms with Crippen LogP contribution in [-0.2, 0) is 0 Å². The molecule has 0 fully saturated rings. The molecular weight excluding hydrogens is 94.1 g/mol. The van der Waals surface area contributed by atoms with E-state index in [4.69, 9.17) is 0 Å². The maximum atomic E-state index is 3.81. The van der Waals surface area contributed by atoms with E-state index in [1.165, 1.54) is 0 Å². The van der Waals surface area contributed by atoms with Crippen molar-refractivity contribution in [1.29, 1.82) is 0 Å². The van der Waals surface area contributed by atoms with Crippen LogP contribution in [0.5, 0.6) is 0 Å². The Hall–Kier alpha value is -0.370. The van der Waals surface area contributed by atoms with E-state index in [9.17, 15) is 0 Å². The molecule has 0 unspecified atom stereocenters. The van der Waals surface area contributed by atoms with Gasteiger partial charge in [-0.15, -0.1) is 11.3 Å². The molecule has 1 rings (SSSR count). The second-order valence-corrected chi connectivity index (χ2v) is 2.06. The van der Waals surface area contributed by atoms with Crippen LogP contribution in [0.4, 0.5) is 0 Å². The molecule has 1 aromatic rings. The minimum atomic E-state index is 1.08. The first-order valence-corrected chi connectivity index (χ1v) is 2.56. The van der Waals surface area contributed by atoms with E-state index in [0.29, 0.717) is 0 Å². The van der Waals surface area contributed by atoms with E-state index in [1.54, 1.807) is 11.3 Å². The van der Waals surface area contributed by atoms with Gasteiger partial charge in [-0.25, -0.2) is 4.98 Å². The Morgan fingerprint density at radius 1 is 2.00 bits per heavy atom. The predicted molar refractivity (Wildman–Crippen MR) is 25.7 cm³/mol. The van der Waals surface area contributed by atoms with Gasteiger partial charge < -0.3 is 0 Å². The number of hydrogen-bond acceptors (Lipinski definition) is 2. The molecule has 0 bridgehead atoms. The molecule has 1 heterocycles. The molecule has 0 saturated heterocycles. The highest BCUT2D eigenvalue weighted by Crippen LogP contribution is 1.97. The normalized spacial score (nSPS) is 8.83. The monoisotopic (exact) mass is 98.0 g/mol. The van der Waals surface area contributed by atoms with Crippen molar-refractivity contribution in [3.8, 4) is 0 Å².